The molecule has 1 aliphatic heterocycles. The van der Waals surface area contributed by atoms with Gasteiger partial charge in [0.1, 0.15) is 5.76 Å². The quantitative estimate of drug-likeness (QED) is 0.841. The SMILES string of the molecule is CC(C)c1cc(C(=O)N2CCC3(CC2)C[C@H]3C(=O)N(C)C2CC2)no1. The second-order valence-corrected chi connectivity index (χ2v) is 8.36. The van der Waals surface area contributed by atoms with Crippen molar-refractivity contribution in [3.8, 4) is 0 Å². The maximum Gasteiger partial charge on any atom is 0.276 e. The van der Waals surface area contributed by atoms with Gasteiger partial charge in [0.15, 0.2) is 5.69 Å². The molecule has 0 N–H and O–H groups in total. The van der Waals surface area contributed by atoms with Crippen LogP contribution in [0.15, 0.2) is 10.6 Å². The van der Waals surface area contributed by atoms with E-state index in [1.165, 1.54) is 0 Å². The molecule has 4 rings (SSSR count). The van der Waals surface area contributed by atoms with E-state index in [9.17, 15) is 9.59 Å². The zero-order valence-electron chi connectivity index (χ0n) is 15.3. The lowest BCUT2D eigenvalue weighted by Crippen LogP contribution is -2.41. The van der Waals surface area contributed by atoms with E-state index < -0.39 is 0 Å². The van der Waals surface area contributed by atoms with Gasteiger partial charge in [-0.1, -0.05) is 19.0 Å². The molecule has 2 saturated carbocycles. The molecule has 2 aliphatic carbocycles. The monoisotopic (exact) mass is 345 g/mol. The topological polar surface area (TPSA) is 66.7 Å². The van der Waals surface area contributed by atoms with Gasteiger partial charge < -0.3 is 14.3 Å². The molecular formula is C19H27N3O3. The minimum Gasteiger partial charge on any atom is -0.360 e. The molecule has 1 aromatic heterocycles. The molecule has 136 valence electrons. The van der Waals surface area contributed by atoms with Crippen molar-refractivity contribution in [3.05, 3.63) is 17.5 Å². The number of likely N-dealkylation sites (tertiary alicyclic amines) is 1. The van der Waals surface area contributed by atoms with Crippen molar-refractivity contribution in [2.75, 3.05) is 20.1 Å². The predicted octanol–water partition coefficient (Wildman–Crippen LogP) is 2.66. The first-order valence-corrected chi connectivity index (χ1v) is 9.44. The normalized spacial score (nSPS) is 24.6. The zero-order chi connectivity index (χ0) is 17.8. The number of hydrogen-bond acceptors (Lipinski definition) is 4. The molecule has 1 atom stereocenters. The first kappa shape index (κ1) is 16.6. The second kappa shape index (κ2) is 5.85. The van der Waals surface area contributed by atoms with Gasteiger partial charge in [0.25, 0.3) is 5.91 Å². The molecule has 3 fully saturated rings. The average Bonchev–Trinajstić information content (AvgIpc) is 3.51. The fraction of sp³-hybridized carbons (Fsp3) is 0.737. The van der Waals surface area contributed by atoms with Crippen LogP contribution in [0.3, 0.4) is 0 Å². The summed E-state index contributed by atoms with van der Waals surface area (Å²) >= 11 is 0. The predicted molar refractivity (Wildman–Crippen MR) is 92.1 cm³/mol. The number of nitrogens with zero attached hydrogens (tertiary/aromatic N) is 3. The van der Waals surface area contributed by atoms with Crippen molar-refractivity contribution in [1.82, 2.24) is 15.0 Å². The van der Waals surface area contributed by atoms with E-state index in [0.29, 0.717) is 30.7 Å². The molecule has 6 nitrogen and oxygen atoms in total. The lowest BCUT2D eigenvalue weighted by molar-refractivity contribution is -0.132. The van der Waals surface area contributed by atoms with Gasteiger partial charge in [-0.05, 0) is 37.5 Å². The molecule has 0 radical (unpaired) electrons. The molecule has 1 spiro atoms. The van der Waals surface area contributed by atoms with Gasteiger partial charge in [0, 0.05) is 44.1 Å². The van der Waals surface area contributed by atoms with E-state index in [4.69, 9.17) is 4.52 Å². The third-order valence-electron chi connectivity index (χ3n) is 6.29. The molecule has 2 amide bonds. The van der Waals surface area contributed by atoms with E-state index in [1.54, 1.807) is 6.07 Å². The van der Waals surface area contributed by atoms with Gasteiger partial charge in [0.05, 0.1) is 0 Å². The van der Waals surface area contributed by atoms with E-state index in [0.717, 1.165) is 37.9 Å². The number of piperidine rings is 1. The Labute approximate surface area is 148 Å². The van der Waals surface area contributed by atoms with Crippen LogP contribution in [0.1, 0.15) is 68.1 Å². The fourth-order valence-electron chi connectivity index (χ4n) is 4.12. The molecule has 3 aliphatic rings. The molecule has 1 saturated heterocycles. The van der Waals surface area contributed by atoms with Gasteiger partial charge >= 0.3 is 0 Å². The van der Waals surface area contributed by atoms with Crippen molar-refractivity contribution in [3.63, 3.8) is 0 Å². The summed E-state index contributed by atoms with van der Waals surface area (Å²) in [5.74, 6) is 1.41. The summed E-state index contributed by atoms with van der Waals surface area (Å²) in [5.41, 5.74) is 0.542. The largest absolute Gasteiger partial charge is 0.360 e. The Morgan fingerprint density at radius 3 is 2.56 bits per heavy atom. The van der Waals surface area contributed by atoms with Crippen molar-refractivity contribution in [2.45, 2.75) is 57.9 Å². The third kappa shape index (κ3) is 2.96. The summed E-state index contributed by atoms with van der Waals surface area (Å²) < 4.78 is 5.25. The van der Waals surface area contributed by atoms with Crippen molar-refractivity contribution in [2.24, 2.45) is 11.3 Å². The third-order valence-corrected chi connectivity index (χ3v) is 6.29. The van der Waals surface area contributed by atoms with Crippen LogP contribution in [0.5, 0.6) is 0 Å². The van der Waals surface area contributed by atoms with Crippen molar-refractivity contribution in [1.29, 1.82) is 0 Å². The highest BCUT2D eigenvalue weighted by molar-refractivity contribution is 5.92. The number of rotatable bonds is 4. The lowest BCUT2D eigenvalue weighted by Gasteiger charge is -2.32. The highest BCUT2D eigenvalue weighted by Gasteiger charge is 2.60. The van der Waals surface area contributed by atoms with Crippen molar-refractivity contribution >= 4 is 11.8 Å². The average molecular weight is 345 g/mol. The van der Waals surface area contributed by atoms with E-state index in [-0.39, 0.29) is 23.2 Å². The Bertz CT molecular complexity index is 684. The maximum atomic E-state index is 12.6. The first-order chi connectivity index (χ1) is 11.9. The van der Waals surface area contributed by atoms with Crippen LogP contribution in [0.2, 0.25) is 0 Å². The standard InChI is InChI=1S/C19H27N3O3/c1-12(2)16-10-15(20-25-16)18(24)22-8-6-19(7-9-22)11-14(19)17(23)21(3)13-4-5-13/h10,12-14H,4-9,11H2,1-3H3/t14-/m0/s1. The lowest BCUT2D eigenvalue weighted by atomic mass is 9.90. The number of aromatic nitrogens is 1. The molecular weight excluding hydrogens is 318 g/mol. The number of carbonyl (C=O) groups excluding carboxylic acids is 2. The fourth-order valence-corrected chi connectivity index (χ4v) is 4.12. The van der Waals surface area contributed by atoms with E-state index in [1.807, 2.05) is 30.7 Å². The van der Waals surface area contributed by atoms with Crippen LogP contribution in [-0.4, -0.2) is 52.9 Å². The van der Waals surface area contributed by atoms with Gasteiger partial charge in [0.2, 0.25) is 5.91 Å². The van der Waals surface area contributed by atoms with Gasteiger partial charge in [-0.3, -0.25) is 9.59 Å². The Balaban J connectivity index is 1.34. The van der Waals surface area contributed by atoms with Crippen LogP contribution >= 0.6 is 0 Å². The molecule has 0 unspecified atom stereocenters. The Hall–Kier alpha value is -1.85. The molecule has 1 aromatic rings. The van der Waals surface area contributed by atoms with Gasteiger partial charge in [-0.25, -0.2) is 0 Å². The van der Waals surface area contributed by atoms with Crippen molar-refractivity contribution < 1.29 is 14.1 Å². The highest BCUT2D eigenvalue weighted by Crippen LogP contribution is 2.60. The van der Waals surface area contributed by atoms with Crippen LogP contribution in [0.4, 0.5) is 0 Å². The van der Waals surface area contributed by atoms with Crippen LogP contribution in [-0.2, 0) is 4.79 Å². The zero-order valence-corrected chi connectivity index (χ0v) is 15.3. The Morgan fingerprint density at radius 2 is 2.00 bits per heavy atom. The van der Waals surface area contributed by atoms with E-state index >= 15 is 0 Å². The van der Waals surface area contributed by atoms with Crippen LogP contribution in [0, 0.1) is 11.3 Å². The summed E-state index contributed by atoms with van der Waals surface area (Å²) in [5, 5.41) is 3.93. The summed E-state index contributed by atoms with van der Waals surface area (Å²) in [6, 6.07) is 2.24. The van der Waals surface area contributed by atoms with Crippen LogP contribution in [0.25, 0.3) is 0 Å². The molecule has 2 heterocycles. The van der Waals surface area contributed by atoms with E-state index in [2.05, 4.69) is 5.16 Å². The summed E-state index contributed by atoms with van der Waals surface area (Å²) in [7, 11) is 1.95. The highest BCUT2D eigenvalue weighted by atomic mass is 16.5. The maximum absolute atomic E-state index is 12.6. The minimum absolute atomic E-state index is 0.0517. The smallest absolute Gasteiger partial charge is 0.276 e. The molecule has 25 heavy (non-hydrogen) atoms. The summed E-state index contributed by atoms with van der Waals surface area (Å²) in [4.78, 5) is 29.0. The number of hydrogen-bond donors (Lipinski definition) is 0. The molecule has 6 heteroatoms. The first-order valence-electron chi connectivity index (χ1n) is 9.44. The number of amides is 2. The number of carbonyl (C=O) groups is 2. The van der Waals surface area contributed by atoms with Gasteiger partial charge in [-0.2, -0.15) is 0 Å². The minimum atomic E-state index is -0.0517. The Kier molecular flexibility index (Phi) is 3.89. The molecule has 0 aromatic carbocycles. The second-order valence-electron chi connectivity index (χ2n) is 8.36. The summed E-state index contributed by atoms with van der Waals surface area (Å²) in [6.07, 6.45) is 5.14. The summed E-state index contributed by atoms with van der Waals surface area (Å²) in [6.45, 7) is 5.45. The van der Waals surface area contributed by atoms with Gasteiger partial charge in [-0.15, -0.1) is 0 Å². The Morgan fingerprint density at radius 1 is 1.32 bits per heavy atom. The van der Waals surface area contributed by atoms with Crippen LogP contribution < -0.4 is 0 Å². The molecule has 0 bridgehead atoms.